The molecule has 6 heteroatoms. The second kappa shape index (κ2) is 11.0. The SMILES string of the molecule is CO[C@H]1O[C@@]2(CC2O)[C@@H](OCc2ccccc2)[C@H](OCc2ccccc2)[C@H]1OCc1ccccc1. The highest BCUT2D eigenvalue weighted by Crippen LogP contribution is 2.51. The molecule has 1 heterocycles. The molecule has 1 unspecified atom stereocenters. The van der Waals surface area contributed by atoms with Crippen molar-refractivity contribution in [2.45, 2.75) is 62.5 Å². The molecule has 0 amide bonds. The Hall–Kier alpha value is -2.58. The van der Waals surface area contributed by atoms with Crippen LogP contribution in [-0.2, 0) is 43.5 Å². The van der Waals surface area contributed by atoms with Crippen molar-refractivity contribution >= 4 is 0 Å². The van der Waals surface area contributed by atoms with E-state index in [9.17, 15) is 5.11 Å². The van der Waals surface area contributed by atoms with E-state index in [1.165, 1.54) is 0 Å². The fourth-order valence-electron chi connectivity index (χ4n) is 4.70. The molecule has 0 aromatic heterocycles. The van der Waals surface area contributed by atoms with Crippen LogP contribution in [0.1, 0.15) is 23.1 Å². The van der Waals surface area contributed by atoms with Crippen LogP contribution in [0.3, 0.4) is 0 Å². The quantitative estimate of drug-likeness (QED) is 0.472. The lowest BCUT2D eigenvalue weighted by molar-refractivity contribution is -0.331. The van der Waals surface area contributed by atoms with Crippen LogP contribution in [0.5, 0.6) is 0 Å². The van der Waals surface area contributed by atoms with Crippen LogP contribution in [0, 0.1) is 0 Å². The minimum atomic E-state index is -0.885. The lowest BCUT2D eigenvalue weighted by atomic mass is 9.95. The van der Waals surface area contributed by atoms with Gasteiger partial charge >= 0.3 is 0 Å². The van der Waals surface area contributed by atoms with E-state index in [0.717, 1.165) is 16.7 Å². The number of benzene rings is 3. The van der Waals surface area contributed by atoms with Crippen LogP contribution in [0.2, 0.25) is 0 Å². The second-order valence-corrected chi connectivity index (χ2v) is 9.14. The van der Waals surface area contributed by atoms with Gasteiger partial charge in [-0.05, 0) is 16.7 Å². The Kier molecular flexibility index (Phi) is 7.58. The van der Waals surface area contributed by atoms with Crippen LogP contribution in [0.25, 0.3) is 0 Å². The number of rotatable bonds is 10. The zero-order valence-corrected chi connectivity index (χ0v) is 19.9. The molecule has 1 spiro atoms. The second-order valence-electron chi connectivity index (χ2n) is 9.14. The van der Waals surface area contributed by atoms with Gasteiger partial charge in [-0.25, -0.2) is 0 Å². The summed E-state index contributed by atoms with van der Waals surface area (Å²) >= 11 is 0. The standard InChI is InChI=1S/C29H32O6/c1-31-28-26(33-19-22-13-7-3-8-14-22)25(32-18-21-11-5-2-6-12-21)27(29(35-28)17-24(29)30)34-20-23-15-9-4-10-16-23/h2-16,24-28,30H,17-20H2,1H3/t24?,25-,26-,27+,28+,29-/m1/s1. The molecule has 5 rings (SSSR count). The topological polar surface area (TPSA) is 66.4 Å². The van der Waals surface area contributed by atoms with E-state index in [1.54, 1.807) is 7.11 Å². The van der Waals surface area contributed by atoms with Gasteiger partial charge in [-0.1, -0.05) is 91.0 Å². The number of aliphatic hydroxyl groups is 1. The first-order valence-electron chi connectivity index (χ1n) is 12.0. The molecule has 6 atom stereocenters. The van der Waals surface area contributed by atoms with Gasteiger partial charge < -0.3 is 28.8 Å². The summed E-state index contributed by atoms with van der Waals surface area (Å²) in [6.07, 6.45) is -2.50. The summed E-state index contributed by atoms with van der Waals surface area (Å²) in [6, 6.07) is 29.9. The summed E-state index contributed by atoms with van der Waals surface area (Å²) in [6.45, 7) is 1.13. The first-order chi connectivity index (χ1) is 17.2. The highest BCUT2D eigenvalue weighted by molar-refractivity contribution is 5.20. The fourth-order valence-corrected chi connectivity index (χ4v) is 4.70. The molecule has 35 heavy (non-hydrogen) atoms. The maximum Gasteiger partial charge on any atom is 0.186 e. The number of methoxy groups -OCH3 is 1. The Morgan fingerprint density at radius 1 is 0.714 bits per heavy atom. The Balaban J connectivity index is 1.41. The highest BCUT2D eigenvalue weighted by atomic mass is 16.7. The van der Waals surface area contributed by atoms with E-state index in [1.807, 2.05) is 91.0 Å². The normalized spacial score (nSPS) is 29.8. The monoisotopic (exact) mass is 476 g/mol. The van der Waals surface area contributed by atoms with Crippen LogP contribution >= 0.6 is 0 Å². The predicted molar refractivity (Wildman–Crippen MR) is 130 cm³/mol. The van der Waals surface area contributed by atoms with E-state index >= 15 is 0 Å². The molecule has 1 saturated carbocycles. The molecule has 0 bridgehead atoms. The molecular formula is C29H32O6. The van der Waals surface area contributed by atoms with Crippen LogP contribution in [0.15, 0.2) is 91.0 Å². The summed E-state index contributed by atoms with van der Waals surface area (Å²) in [5.74, 6) is 0. The number of hydrogen-bond acceptors (Lipinski definition) is 6. The first-order valence-corrected chi connectivity index (χ1v) is 12.0. The van der Waals surface area contributed by atoms with Gasteiger partial charge in [0.25, 0.3) is 0 Å². The van der Waals surface area contributed by atoms with Gasteiger partial charge in [-0.2, -0.15) is 0 Å². The third-order valence-electron chi connectivity index (χ3n) is 6.70. The van der Waals surface area contributed by atoms with Crippen molar-refractivity contribution in [3.05, 3.63) is 108 Å². The van der Waals surface area contributed by atoms with E-state index in [0.29, 0.717) is 26.2 Å². The van der Waals surface area contributed by atoms with Crippen molar-refractivity contribution in [2.24, 2.45) is 0 Å². The van der Waals surface area contributed by atoms with Gasteiger partial charge in [0, 0.05) is 13.5 Å². The van der Waals surface area contributed by atoms with Gasteiger partial charge in [0.15, 0.2) is 6.29 Å². The van der Waals surface area contributed by atoms with Crippen molar-refractivity contribution in [3.63, 3.8) is 0 Å². The van der Waals surface area contributed by atoms with E-state index in [4.69, 9.17) is 23.7 Å². The Morgan fingerprint density at radius 3 is 1.57 bits per heavy atom. The highest BCUT2D eigenvalue weighted by Gasteiger charge is 2.69. The summed E-state index contributed by atoms with van der Waals surface area (Å²) in [5.41, 5.74) is 2.23. The van der Waals surface area contributed by atoms with E-state index in [2.05, 4.69) is 0 Å². The van der Waals surface area contributed by atoms with Gasteiger partial charge in [0.05, 0.1) is 25.9 Å². The summed E-state index contributed by atoms with van der Waals surface area (Å²) in [7, 11) is 1.59. The molecule has 3 aromatic rings. The third-order valence-corrected chi connectivity index (χ3v) is 6.70. The molecule has 1 N–H and O–H groups in total. The largest absolute Gasteiger partial charge is 0.390 e. The zero-order chi connectivity index (χ0) is 24.1. The minimum Gasteiger partial charge on any atom is -0.390 e. The molecule has 0 radical (unpaired) electrons. The van der Waals surface area contributed by atoms with Gasteiger partial charge in [0.1, 0.15) is 23.9 Å². The first kappa shape index (κ1) is 24.1. The molecule has 1 saturated heterocycles. The summed E-state index contributed by atoms with van der Waals surface area (Å²) < 4.78 is 31.4. The molecule has 2 fully saturated rings. The lowest BCUT2D eigenvalue weighted by Gasteiger charge is -2.46. The molecule has 1 aliphatic carbocycles. The maximum absolute atomic E-state index is 10.7. The molecular weight excluding hydrogens is 444 g/mol. The third kappa shape index (κ3) is 5.48. The van der Waals surface area contributed by atoms with Crippen molar-refractivity contribution in [2.75, 3.05) is 7.11 Å². The molecule has 6 nitrogen and oxygen atoms in total. The Labute approximate surface area is 206 Å². The predicted octanol–water partition coefficient (Wildman–Crippen LogP) is 4.25. The van der Waals surface area contributed by atoms with Gasteiger partial charge in [-0.15, -0.1) is 0 Å². The fraction of sp³-hybridized carbons (Fsp3) is 0.379. The number of aliphatic hydroxyl groups excluding tert-OH is 1. The molecule has 1 aliphatic heterocycles. The van der Waals surface area contributed by atoms with Crippen LogP contribution < -0.4 is 0 Å². The number of hydrogen-bond donors (Lipinski definition) is 1. The molecule has 2 aliphatic rings. The summed E-state index contributed by atoms with van der Waals surface area (Å²) in [5, 5.41) is 10.7. The van der Waals surface area contributed by atoms with Crippen molar-refractivity contribution in [3.8, 4) is 0 Å². The minimum absolute atomic E-state index is 0.373. The van der Waals surface area contributed by atoms with Gasteiger partial charge in [-0.3, -0.25) is 0 Å². The van der Waals surface area contributed by atoms with Gasteiger partial charge in [0.2, 0.25) is 0 Å². The van der Waals surface area contributed by atoms with Crippen molar-refractivity contribution in [1.29, 1.82) is 0 Å². The van der Waals surface area contributed by atoms with Crippen molar-refractivity contribution in [1.82, 2.24) is 0 Å². The maximum atomic E-state index is 10.7. The van der Waals surface area contributed by atoms with Crippen LogP contribution in [-0.4, -0.2) is 48.5 Å². The average molecular weight is 477 g/mol. The summed E-state index contributed by atoms with van der Waals surface area (Å²) in [4.78, 5) is 0. The van der Waals surface area contributed by atoms with E-state index < -0.39 is 36.3 Å². The van der Waals surface area contributed by atoms with E-state index in [-0.39, 0.29) is 0 Å². The smallest absolute Gasteiger partial charge is 0.186 e. The number of ether oxygens (including phenoxy) is 5. The molecule has 3 aromatic carbocycles. The Morgan fingerprint density at radius 2 is 1.14 bits per heavy atom. The van der Waals surface area contributed by atoms with Crippen molar-refractivity contribution < 1.29 is 28.8 Å². The zero-order valence-electron chi connectivity index (χ0n) is 19.9. The molecule has 184 valence electrons. The lowest BCUT2D eigenvalue weighted by Crippen LogP contribution is -2.62. The van der Waals surface area contributed by atoms with Crippen LogP contribution in [0.4, 0.5) is 0 Å². The average Bonchev–Trinajstić information content (AvgIpc) is 3.56. The Bertz CT molecular complexity index is 1050.